The van der Waals surface area contributed by atoms with Gasteiger partial charge < -0.3 is 34.5 Å². The SMILES string of the molecule is CCCC(C)OC(=O)Oc1ccc(CC(N)(C[C@H](C)OC(=O)C(C)(C)C)C(=O)O)cc1OC(=O)OC(C)CCC. The molecule has 4 atom stereocenters. The highest BCUT2D eigenvalue weighted by Gasteiger charge is 2.38. The average molecular weight is 568 g/mol. The van der Waals surface area contributed by atoms with Crippen LogP contribution in [-0.4, -0.2) is 53.2 Å². The predicted molar refractivity (Wildman–Crippen MR) is 147 cm³/mol. The molecular formula is C29H45NO10. The summed E-state index contributed by atoms with van der Waals surface area (Å²) in [5.74, 6) is -2.09. The summed E-state index contributed by atoms with van der Waals surface area (Å²) in [7, 11) is 0. The maximum absolute atomic E-state index is 12.4. The van der Waals surface area contributed by atoms with E-state index < -0.39 is 47.4 Å². The monoisotopic (exact) mass is 567 g/mol. The molecule has 0 saturated carbocycles. The van der Waals surface area contributed by atoms with Gasteiger partial charge in [0.15, 0.2) is 11.5 Å². The van der Waals surface area contributed by atoms with E-state index in [1.165, 1.54) is 18.2 Å². The maximum Gasteiger partial charge on any atom is 0.514 e. The van der Waals surface area contributed by atoms with Gasteiger partial charge in [-0.2, -0.15) is 0 Å². The molecule has 3 N–H and O–H groups in total. The van der Waals surface area contributed by atoms with Crippen molar-refractivity contribution in [3.63, 3.8) is 0 Å². The molecule has 226 valence electrons. The van der Waals surface area contributed by atoms with E-state index in [1.807, 2.05) is 13.8 Å². The second-order valence-electron chi connectivity index (χ2n) is 11.2. The van der Waals surface area contributed by atoms with E-state index >= 15 is 0 Å². The number of ether oxygens (including phenoxy) is 5. The summed E-state index contributed by atoms with van der Waals surface area (Å²) in [5.41, 5.74) is 4.05. The molecule has 11 heteroatoms. The zero-order valence-corrected chi connectivity index (χ0v) is 24.9. The van der Waals surface area contributed by atoms with Gasteiger partial charge in [0.05, 0.1) is 5.41 Å². The van der Waals surface area contributed by atoms with E-state index in [4.69, 9.17) is 29.4 Å². The van der Waals surface area contributed by atoms with Crippen molar-refractivity contribution in [2.24, 2.45) is 11.1 Å². The number of hydrogen-bond donors (Lipinski definition) is 2. The minimum atomic E-state index is -1.83. The normalized spacial score (nSPS) is 15.1. The molecule has 0 fully saturated rings. The molecule has 0 radical (unpaired) electrons. The lowest BCUT2D eigenvalue weighted by atomic mass is 9.86. The molecule has 40 heavy (non-hydrogen) atoms. The highest BCUT2D eigenvalue weighted by Crippen LogP contribution is 2.32. The van der Waals surface area contributed by atoms with Crippen LogP contribution in [0.1, 0.15) is 93.1 Å². The van der Waals surface area contributed by atoms with Crippen LogP contribution in [0.3, 0.4) is 0 Å². The van der Waals surface area contributed by atoms with E-state index in [1.54, 1.807) is 41.5 Å². The van der Waals surface area contributed by atoms with Crippen molar-refractivity contribution in [3.8, 4) is 11.5 Å². The quantitative estimate of drug-likeness (QED) is 0.159. The fourth-order valence-corrected chi connectivity index (χ4v) is 3.83. The van der Waals surface area contributed by atoms with Gasteiger partial charge in [0.25, 0.3) is 0 Å². The van der Waals surface area contributed by atoms with Crippen LogP contribution in [0.15, 0.2) is 18.2 Å². The molecule has 0 saturated heterocycles. The molecule has 0 spiro atoms. The first-order valence-corrected chi connectivity index (χ1v) is 13.6. The zero-order chi connectivity index (χ0) is 30.7. The number of carbonyl (C=O) groups is 4. The number of benzene rings is 1. The second kappa shape index (κ2) is 15.4. The Bertz CT molecular complexity index is 1020. The molecule has 0 bridgehead atoms. The molecule has 0 aliphatic carbocycles. The number of carboxylic acid groups (broad SMARTS) is 1. The summed E-state index contributed by atoms with van der Waals surface area (Å²) in [6, 6.07) is 4.19. The average Bonchev–Trinajstić information content (AvgIpc) is 2.79. The second-order valence-corrected chi connectivity index (χ2v) is 11.2. The summed E-state index contributed by atoms with van der Waals surface area (Å²) in [4.78, 5) is 49.2. The molecule has 0 aliphatic rings. The molecule has 0 amide bonds. The summed E-state index contributed by atoms with van der Waals surface area (Å²) in [6.07, 6.45) is -1.14. The van der Waals surface area contributed by atoms with Crippen molar-refractivity contribution in [1.29, 1.82) is 0 Å². The minimum absolute atomic E-state index is 0.122. The Labute approximate surface area is 236 Å². The number of hydrogen-bond acceptors (Lipinski definition) is 10. The van der Waals surface area contributed by atoms with Gasteiger partial charge in [0, 0.05) is 12.8 Å². The van der Waals surface area contributed by atoms with Crippen LogP contribution in [0.4, 0.5) is 9.59 Å². The van der Waals surface area contributed by atoms with Crippen LogP contribution in [0.5, 0.6) is 11.5 Å². The van der Waals surface area contributed by atoms with Gasteiger partial charge in [-0.05, 0) is 72.1 Å². The van der Waals surface area contributed by atoms with Crippen LogP contribution >= 0.6 is 0 Å². The van der Waals surface area contributed by atoms with E-state index in [9.17, 15) is 24.3 Å². The molecule has 0 aliphatic heterocycles. The Kier molecular flexibility index (Phi) is 13.4. The number of rotatable bonds is 14. The third-order valence-corrected chi connectivity index (χ3v) is 5.90. The minimum Gasteiger partial charge on any atom is -0.480 e. The van der Waals surface area contributed by atoms with Gasteiger partial charge in [-0.1, -0.05) is 32.8 Å². The Morgan fingerprint density at radius 3 is 1.77 bits per heavy atom. The van der Waals surface area contributed by atoms with Crippen molar-refractivity contribution in [3.05, 3.63) is 23.8 Å². The number of esters is 1. The van der Waals surface area contributed by atoms with E-state index in [-0.39, 0.29) is 30.4 Å². The third kappa shape index (κ3) is 11.8. The Balaban J connectivity index is 3.24. The Morgan fingerprint density at radius 1 is 0.825 bits per heavy atom. The summed E-state index contributed by atoms with van der Waals surface area (Å²) >= 11 is 0. The van der Waals surface area contributed by atoms with Gasteiger partial charge in [0.1, 0.15) is 23.9 Å². The number of nitrogens with two attached hydrogens (primary N) is 1. The highest BCUT2D eigenvalue weighted by atomic mass is 16.7. The highest BCUT2D eigenvalue weighted by molar-refractivity contribution is 5.79. The largest absolute Gasteiger partial charge is 0.514 e. The van der Waals surface area contributed by atoms with Crippen LogP contribution < -0.4 is 15.2 Å². The van der Waals surface area contributed by atoms with Crippen molar-refractivity contribution >= 4 is 24.2 Å². The lowest BCUT2D eigenvalue weighted by Crippen LogP contribution is -2.52. The van der Waals surface area contributed by atoms with Gasteiger partial charge in [0.2, 0.25) is 0 Å². The summed E-state index contributed by atoms with van der Waals surface area (Å²) in [6.45, 7) is 14.0. The lowest BCUT2D eigenvalue weighted by Gasteiger charge is -2.29. The van der Waals surface area contributed by atoms with Gasteiger partial charge in [-0.25, -0.2) is 9.59 Å². The van der Waals surface area contributed by atoms with Crippen molar-refractivity contribution < 1.29 is 48.0 Å². The third-order valence-electron chi connectivity index (χ3n) is 5.90. The molecule has 1 aromatic carbocycles. The molecule has 1 rings (SSSR count). The molecule has 0 aromatic heterocycles. The Hall–Kier alpha value is -3.34. The van der Waals surface area contributed by atoms with Crippen LogP contribution in [-0.2, 0) is 30.2 Å². The predicted octanol–water partition coefficient (Wildman–Crippen LogP) is 5.79. The molecule has 11 nitrogen and oxygen atoms in total. The Morgan fingerprint density at radius 2 is 1.32 bits per heavy atom. The fraction of sp³-hybridized carbons (Fsp3) is 0.655. The first-order chi connectivity index (χ1) is 18.5. The standard InChI is InChI=1S/C29H45NO10/c1-9-11-18(3)37-26(34)39-22-14-13-21(15-23(22)40-27(35)38-19(4)12-10-2)17-29(30,24(31)32)16-20(5)36-25(33)28(6,7)8/h13-15,18-20H,9-12,16-17,30H2,1-8H3,(H,31,32)/t18?,19?,20-,29?/m0/s1. The smallest absolute Gasteiger partial charge is 0.480 e. The van der Waals surface area contributed by atoms with Crippen LogP contribution in [0.25, 0.3) is 0 Å². The first-order valence-electron chi connectivity index (χ1n) is 13.6. The summed E-state index contributed by atoms with van der Waals surface area (Å²) < 4.78 is 26.5. The van der Waals surface area contributed by atoms with E-state index in [2.05, 4.69) is 0 Å². The molecular weight excluding hydrogens is 522 g/mol. The van der Waals surface area contributed by atoms with Gasteiger partial charge in [-0.15, -0.1) is 0 Å². The van der Waals surface area contributed by atoms with Crippen molar-refractivity contribution in [2.45, 2.75) is 118 Å². The van der Waals surface area contributed by atoms with Gasteiger partial charge in [-0.3, -0.25) is 9.59 Å². The topological polar surface area (TPSA) is 161 Å². The number of carbonyl (C=O) groups excluding carboxylic acids is 3. The number of aliphatic carboxylic acids is 1. The zero-order valence-electron chi connectivity index (χ0n) is 24.9. The van der Waals surface area contributed by atoms with Crippen LogP contribution in [0.2, 0.25) is 0 Å². The molecule has 3 unspecified atom stereocenters. The van der Waals surface area contributed by atoms with Crippen LogP contribution in [0, 0.1) is 5.41 Å². The van der Waals surface area contributed by atoms with Crippen molar-refractivity contribution in [1.82, 2.24) is 0 Å². The fourth-order valence-electron chi connectivity index (χ4n) is 3.83. The van der Waals surface area contributed by atoms with Gasteiger partial charge >= 0.3 is 24.2 Å². The molecule has 0 heterocycles. The van der Waals surface area contributed by atoms with E-state index in [0.29, 0.717) is 18.4 Å². The van der Waals surface area contributed by atoms with E-state index in [0.717, 1.165) is 12.8 Å². The first kappa shape index (κ1) is 34.7. The maximum atomic E-state index is 12.4. The molecule has 1 aromatic rings. The van der Waals surface area contributed by atoms with Crippen molar-refractivity contribution in [2.75, 3.05) is 0 Å². The lowest BCUT2D eigenvalue weighted by molar-refractivity contribution is -0.160. The number of carboxylic acids is 1. The summed E-state index contributed by atoms with van der Waals surface area (Å²) in [5, 5.41) is 9.95.